The van der Waals surface area contributed by atoms with Crippen molar-refractivity contribution in [2.75, 3.05) is 13.7 Å². The lowest BCUT2D eigenvalue weighted by molar-refractivity contribution is -0.133. The van der Waals surface area contributed by atoms with Crippen molar-refractivity contribution in [1.82, 2.24) is 9.88 Å². The van der Waals surface area contributed by atoms with Crippen LogP contribution in [0.15, 0.2) is 30.3 Å². The van der Waals surface area contributed by atoms with E-state index in [4.69, 9.17) is 16.3 Å². The summed E-state index contributed by atoms with van der Waals surface area (Å²) in [7, 11) is 1.67. The number of aromatic amines is 1. The number of hydrogen-bond donors (Lipinski definition) is 1. The number of likely N-dealkylation sites (N-methyl/N-ethyl adjacent to an activating group) is 1. The van der Waals surface area contributed by atoms with Crippen LogP contribution >= 0.6 is 22.9 Å². The number of ether oxygens (including phenoxy) is 1. The molecule has 3 aromatic rings. The van der Waals surface area contributed by atoms with Gasteiger partial charge in [0.25, 0.3) is 5.91 Å². The Balaban J connectivity index is 1.61. The van der Waals surface area contributed by atoms with E-state index in [1.807, 2.05) is 26.0 Å². The van der Waals surface area contributed by atoms with Gasteiger partial charge in [-0.25, -0.2) is 4.79 Å². The maximum absolute atomic E-state index is 12.3. The van der Waals surface area contributed by atoms with Crippen LogP contribution in [-0.4, -0.2) is 35.4 Å². The highest BCUT2D eigenvalue weighted by Gasteiger charge is 2.16. The molecule has 0 saturated heterocycles. The van der Waals surface area contributed by atoms with Gasteiger partial charge in [-0.05, 0) is 49.2 Å². The largest absolute Gasteiger partial charge is 0.451 e. The lowest BCUT2D eigenvalue weighted by atomic mass is 10.1. The van der Waals surface area contributed by atoms with Crippen molar-refractivity contribution in [2.24, 2.45) is 0 Å². The SMILES string of the molecule is Cc1cc(C)c2cc(C(=O)OCC(=O)N(C)Cc3ccc(Cl)s3)[nH]c2c1. The number of nitrogens with one attached hydrogen (secondary N) is 1. The number of nitrogens with zero attached hydrogens (tertiary/aromatic N) is 1. The summed E-state index contributed by atoms with van der Waals surface area (Å²) in [4.78, 5) is 30.0. The van der Waals surface area contributed by atoms with Crippen molar-refractivity contribution in [3.05, 3.63) is 56.4 Å². The monoisotopic (exact) mass is 390 g/mol. The maximum atomic E-state index is 12.3. The van der Waals surface area contributed by atoms with Crippen LogP contribution in [0.25, 0.3) is 10.9 Å². The topological polar surface area (TPSA) is 62.4 Å². The number of carbonyl (C=O) groups excluding carboxylic acids is 2. The van der Waals surface area contributed by atoms with Crippen LogP contribution < -0.4 is 0 Å². The highest BCUT2D eigenvalue weighted by atomic mass is 35.5. The lowest BCUT2D eigenvalue weighted by Crippen LogP contribution is -2.30. The molecule has 26 heavy (non-hydrogen) atoms. The average Bonchev–Trinajstić information content (AvgIpc) is 3.18. The molecule has 0 bridgehead atoms. The number of halogens is 1. The molecule has 0 atom stereocenters. The number of aromatic nitrogens is 1. The van der Waals surface area contributed by atoms with Gasteiger partial charge in [-0.1, -0.05) is 17.7 Å². The predicted octanol–water partition coefficient (Wildman–Crippen LogP) is 4.32. The van der Waals surface area contributed by atoms with E-state index >= 15 is 0 Å². The zero-order chi connectivity index (χ0) is 18.8. The summed E-state index contributed by atoms with van der Waals surface area (Å²) in [6.07, 6.45) is 0. The molecular weight excluding hydrogens is 372 g/mol. The Morgan fingerprint density at radius 2 is 2.00 bits per heavy atom. The van der Waals surface area contributed by atoms with Crippen LogP contribution in [0.2, 0.25) is 4.34 Å². The summed E-state index contributed by atoms with van der Waals surface area (Å²) in [6.45, 7) is 4.12. The van der Waals surface area contributed by atoms with Gasteiger partial charge in [0.15, 0.2) is 6.61 Å². The fourth-order valence-corrected chi connectivity index (χ4v) is 3.92. The molecule has 0 aliphatic rings. The highest BCUT2D eigenvalue weighted by molar-refractivity contribution is 7.16. The summed E-state index contributed by atoms with van der Waals surface area (Å²) in [5.74, 6) is -0.815. The third-order valence-electron chi connectivity index (χ3n) is 4.08. The van der Waals surface area contributed by atoms with E-state index in [9.17, 15) is 9.59 Å². The number of hydrogen-bond acceptors (Lipinski definition) is 4. The van der Waals surface area contributed by atoms with E-state index in [1.54, 1.807) is 19.2 Å². The van der Waals surface area contributed by atoms with E-state index in [2.05, 4.69) is 11.1 Å². The summed E-state index contributed by atoms with van der Waals surface area (Å²) in [5, 5.41) is 0.973. The number of benzene rings is 1. The van der Waals surface area contributed by atoms with Crippen LogP contribution in [0, 0.1) is 13.8 Å². The Kier molecular flexibility index (Phi) is 5.34. The van der Waals surface area contributed by atoms with E-state index < -0.39 is 5.97 Å². The zero-order valence-corrected chi connectivity index (χ0v) is 16.3. The normalized spacial score (nSPS) is 10.9. The number of fused-ring (bicyclic) bond motifs is 1. The second kappa shape index (κ2) is 7.51. The molecule has 2 heterocycles. The van der Waals surface area contributed by atoms with E-state index in [1.165, 1.54) is 16.2 Å². The molecule has 0 radical (unpaired) electrons. The zero-order valence-electron chi connectivity index (χ0n) is 14.8. The fourth-order valence-electron chi connectivity index (χ4n) is 2.78. The van der Waals surface area contributed by atoms with Gasteiger partial charge in [-0.15, -0.1) is 11.3 Å². The van der Waals surface area contributed by atoms with Gasteiger partial charge < -0.3 is 14.6 Å². The number of thiophene rings is 1. The van der Waals surface area contributed by atoms with Crippen LogP contribution in [0.1, 0.15) is 26.5 Å². The predicted molar refractivity (Wildman–Crippen MR) is 104 cm³/mol. The van der Waals surface area contributed by atoms with Gasteiger partial charge in [0.2, 0.25) is 0 Å². The Labute approximate surface area is 160 Å². The van der Waals surface area contributed by atoms with E-state index in [-0.39, 0.29) is 12.5 Å². The minimum Gasteiger partial charge on any atom is -0.451 e. The molecule has 7 heteroatoms. The number of rotatable bonds is 5. The number of aryl methyl sites for hydroxylation is 2. The number of H-pyrrole nitrogens is 1. The van der Waals surface area contributed by atoms with Crippen molar-refractivity contribution >= 4 is 45.7 Å². The fraction of sp³-hybridized carbons (Fsp3) is 0.263. The van der Waals surface area contributed by atoms with Crippen LogP contribution in [0.4, 0.5) is 0 Å². The molecule has 1 N–H and O–H groups in total. The van der Waals surface area contributed by atoms with Crippen molar-refractivity contribution in [3.63, 3.8) is 0 Å². The van der Waals surface area contributed by atoms with Gasteiger partial charge >= 0.3 is 5.97 Å². The van der Waals surface area contributed by atoms with Crippen molar-refractivity contribution < 1.29 is 14.3 Å². The van der Waals surface area contributed by atoms with Gasteiger partial charge in [-0.2, -0.15) is 0 Å². The minimum atomic E-state index is -0.542. The molecule has 0 saturated carbocycles. The highest BCUT2D eigenvalue weighted by Crippen LogP contribution is 2.23. The Bertz CT molecular complexity index is 976. The van der Waals surface area contributed by atoms with Gasteiger partial charge in [0, 0.05) is 22.8 Å². The molecule has 136 valence electrons. The standard InChI is InChI=1S/C19H19ClN2O3S/c1-11-6-12(2)14-8-16(21-15(14)7-11)19(24)25-10-18(23)22(3)9-13-4-5-17(20)26-13/h4-8,21H,9-10H2,1-3H3. The molecule has 1 aromatic carbocycles. The van der Waals surface area contributed by atoms with Crippen LogP contribution in [0.3, 0.4) is 0 Å². The molecular formula is C19H19ClN2O3S. The first kappa shape index (κ1) is 18.5. The summed E-state index contributed by atoms with van der Waals surface area (Å²) >= 11 is 7.31. The van der Waals surface area contributed by atoms with Crippen molar-refractivity contribution in [1.29, 1.82) is 0 Å². The average molecular weight is 391 g/mol. The van der Waals surface area contributed by atoms with Crippen molar-refractivity contribution in [2.45, 2.75) is 20.4 Å². The van der Waals surface area contributed by atoms with Crippen LogP contribution in [-0.2, 0) is 16.1 Å². The van der Waals surface area contributed by atoms with Crippen LogP contribution in [0.5, 0.6) is 0 Å². The minimum absolute atomic E-state index is 0.272. The molecule has 0 aliphatic heterocycles. The van der Waals surface area contributed by atoms with Gasteiger partial charge in [-0.3, -0.25) is 4.79 Å². The summed E-state index contributed by atoms with van der Waals surface area (Å²) in [6, 6.07) is 9.45. The van der Waals surface area contributed by atoms with E-state index in [0.29, 0.717) is 16.6 Å². The molecule has 1 amide bonds. The maximum Gasteiger partial charge on any atom is 0.355 e. The molecule has 2 aromatic heterocycles. The lowest BCUT2D eigenvalue weighted by Gasteiger charge is -2.15. The summed E-state index contributed by atoms with van der Waals surface area (Å²) in [5.41, 5.74) is 3.42. The number of amides is 1. The molecule has 0 aliphatic carbocycles. The molecule has 0 unspecified atom stereocenters. The third kappa shape index (κ3) is 4.08. The van der Waals surface area contributed by atoms with E-state index in [0.717, 1.165) is 26.9 Å². The Morgan fingerprint density at radius 3 is 2.69 bits per heavy atom. The quantitative estimate of drug-likeness (QED) is 0.660. The third-order valence-corrected chi connectivity index (χ3v) is 5.30. The first-order chi connectivity index (χ1) is 12.3. The number of esters is 1. The smallest absolute Gasteiger partial charge is 0.355 e. The molecule has 0 spiro atoms. The second-order valence-electron chi connectivity index (χ2n) is 6.26. The van der Waals surface area contributed by atoms with Crippen molar-refractivity contribution in [3.8, 4) is 0 Å². The number of carbonyl (C=O) groups is 2. The first-order valence-corrected chi connectivity index (χ1v) is 9.28. The molecule has 3 rings (SSSR count). The molecule has 5 nitrogen and oxygen atoms in total. The van der Waals surface area contributed by atoms with Gasteiger partial charge in [0.05, 0.1) is 10.9 Å². The second-order valence-corrected chi connectivity index (χ2v) is 8.06. The van der Waals surface area contributed by atoms with Gasteiger partial charge in [0.1, 0.15) is 5.69 Å². The summed E-state index contributed by atoms with van der Waals surface area (Å²) < 4.78 is 5.85. The Morgan fingerprint density at radius 1 is 1.23 bits per heavy atom. The Hall–Kier alpha value is -2.31. The first-order valence-electron chi connectivity index (χ1n) is 8.09. The molecule has 0 fully saturated rings.